The van der Waals surface area contributed by atoms with Crippen molar-refractivity contribution in [2.24, 2.45) is 0 Å². The number of rotatable bonds is 5. The maximum atomic E-state index is 13.8. The first-order chi connectivity index (χ1) is 15.0. The maximum Gasteiger partial charge on any atom is 0.343 e. The molecule has 3 nitrogen and oxygen atoms in total. The number of unbranched alkanes of at least 4 members (excludes halogenated alkanes) is 1. The zero-order valence-corrected chi connectivity index (χ0v) is 16.9. The highest BCUT2D eigenvalue weighted by molar-refractivity contribution is 6.09. The quantitative estimate of drug-likeness (QED) is 0.207. The highest BCUT2D eigenvalue weighted by Gasteiger charge is 2.15. The lowest BCUT2D eigenvalue weighted by Crippen LogP contribution is -2.09. The number of benzene rings is 4. The van der Waals surface area contributed by atoms with Gasteiger partial charge in [-0.2, -0.15) is 5.26 Å². The van der Waals surface area contributed by atoms with Gasteiger partial charge in [0.1, 0.15) is 29.0 Å². The largest absolute Gasteiger partial charge is 0.423 e. The van der Waals surface area contributed by atoms with Gasteiger partial charge in [0.05, 0.1) is 5.56 Å². The first kappa shape index (κ1) is 20.5. The number of hydrogen-bond donors (Lipinski definition) is 0. The summed E-state index contributed by atoms with van der Waals surface area (Å²) in [7, 11) is 0. The summed E-state index contributed by atoms with van der Waals surface area (Å²) in [5.41, 5.74) is 0.850. The highest BCUT2D eigenvalue weighted by atomic mass is 19.1. The lowest BCUT2D eigenvalue weighted by atomic mass is 9.97. The summed E-state index contributed by atoms with van der Waals surface area (Å²) in [5.74, 6) is -3.18. The van der Waals surface area contributed by atoms with E-state index in [-0.39, 0.29) is 11.3 Å². The molecule has 0 aliphatic rings. The van der Waals surface area contributed by atoms with Crippen molar-refractivity contribution in [2.45, 2.75) is 26.2 Å². The van der Waals surface area contributed by atoms with Crippen LogP contribution in [0, 0.1) is 23.0 Å². The second-order valence-corrected chi connectivity index (χ2v) is 7.42. The van der Waals surface area contributed by atoms with E-state index < -0.39 is 23.2 Å². The number of esters is 1. The summed E-state index contributed by atoms with van der Waals surface area (Å²) >= 11 is 0. The molecule has 31 heavy (non-hydrogen) atoms. The van der Waals surface area contributed by atoms with Crippen molar-refractivity contribution < 1.29 is 18.3 Å². The molecule has 5 heteroatoms. The summed E-state index contributed by atoms with van der Waals surface area (Å²) in [4.78, 5) is 12.5. The Kier molecular flexibility index (Phi) is 5.64. The Hall–Kier alpha value is -3.78. The number of carbonyl (C=O) groups is 1. The van der Waals surface area contributed by atoms with E-state index in [2.05, 4.69) is 25.1 Å². The van der Waals surface area contributed by atoms with Crippen LogP contribution in [0.2, 0.25) is 0 Å². The highest BCUT2D eigenvalue weighted by Crippen LogP contribution is 2.28. The van der Waals surface area contributed by atoms with Gasteiger partial charge >= 0.3 is 5.97 Å². The van der Waals surface area contributed by atoms with Gasteiger partial charge in [-0.15, -0.1) is 0 Å². The van der Waals surface area contributed by atoms with Crippen LogP contribution in [-0.4, -0.2) is 5.97 Å². The fraction of sp³-hybridized carbons (Fsp3) is 0.154. The number of nitrogens with zero attached hydrogens (tertiary/aromatic N) is 1. The Labute approximate surface area is 178 Å². The molecule has 0 saturated carbocycles. The van der Waals surface area contributed by atoms with E-state index in [9.17, 15) is 13.6 Å². The van der Waals surface area contributed by atoms with Crippen LogP contribution in [0.3, 0.4) is 0 Å². The Balaban J connectivity index is 1.63. The third-order valence-corrected chi connectivity index (χ3v) is 5.29. The van der Waals surface area contributed by atoms with Crippen molar-refractivity contribution in [3.63, 3.8) is 0 Å². The molecular weight excluding hydrogens is 396 g/mol. The van der Waals surface area contributed by atoms with Gasteiger partial charge in [0.15, 0.2) is 0 Å². The summed E-state index contributed by atoms with van der Waals surface area (Å²) in [6, 6.07) is 18.6. The monoisotopic (exact) mass is 415 g/mol. The van der Waals surface area contributed by atoms with E-state index >= 15 is 0 Å². The first-order valence-electron chi connectivity index (χ1n) is 10.1. The standard InChI is InChI=1S/C26H19F2NO2/c1-2-3-4-16-5-9-21-17(11-16)6-7-18-12-19(8-10-22(18)21)26(30)31-20-13-24(27)23(15-29)25(28)14-20/h5-14H,2-4H2,1H3. The zero-order valence-electron chi connectivity index (χ0n) is 16.9. The van der Waals surface area contributed by atoms with Crippen LogP contribution >= 0.6 is 0 Å². The molecule has 0 radical (unpaired) electrons. The van der Waals surface area contributed by atoms with Gasteiger partial charge in [-0.3, -0.25) is 0 Å². The number of hydrogen-bond acceptors (Lipinski definition) is 3. The molecule has 0 atom stereocenters. The van der Waals surface area contributed by atoms with E-state index in [0.29, 0.717) is 0 Å². The molecule has 0 bridgehead atoms. The molecule has 0 unspecified atom stereocenters. The second-order valence-electron chi connectivity index (χ2n) is 7.42. The van der Waals surface area contributed by atoms with Crippen LogP contribution in [-0.2, 0) is 6.42 Å². The zero-order chi connectivity index (χ0) is 22.0. The van der Waals surface area contributed by atoms with E-state index in [1.165, 1.54) is 11.6 Å². The number of fused-ring (bicyclic) bond motifs is 3. The second kappa shape index (κ2) is 8.53. The van der Waals surface area contributed by atoms with Gasteiger partial charge in [0, 0.05) is 12.1 Å². The molecule has 0 spiro atoms. The SMILES string of the molecule is CCCCc1ccc2c(ccc3cc(C(=O)Oc4cc(F)c(C#N)c(F)c4)ccc32)c1. The molecule has 0 N–H and O–H groups in total. The predicted molar refractivity (Wildman–Crippen MR) is 116 cm³/mol. The minimum absolute atomic E-state index is 0.261. The molecule has 154 valence electrons. The first-order valence-corrected chi connectivity index (χ1v) is 10.1. The van der Waals surface area contributed by atoms with Gasteiger partial charge in [0.2, 0.25) is 0 Å². The number of nitriles is 1. The van der Waals surface area contributed by atoms with Crippen LogP contribution in [0.1, 0.15) is 41.3 Å². The van der Waals surface area contributed by atoms with Crippen LogP contribution in [0.5, 0.6) is 5.75 Å². The number of ether oxygens (including phenoxy) is 1. The third-order valence-electron chi connectivity index (χ3n) is 5.29. The van der Waals surface area contributed by atoms with Gasteiger partial charge < -0.3 is 4.74 Å². The normalized spacial score (nSPS) is 10.9. The number of carbonyl (C=O) groups excluding carboxylic acids is 1. The fourth-order valence-corrected chi connectivity index (χ4v) is 3.67. The van der Waals surface area contributed by atoms with E-state index in [1.807, 2.05) is 18.2 Å². The Morgan fingerprint density at radius 3 is 2.23 bits per heavy atom. The molecule has 0 fully saturated rings. The molecule has 0 aromatic heterocycles. The van der Waals surface area contributed by atoms with Crippen molar-refractivity contribution >= 4 is 27.5 Å². The van der Waals surface area contributed by atoms with Crippen molar-refractivity contribution in [3.05, 3.63) is 89.0 Å². The molecule has 0 amide bonds. The van der Waals surface area contributed by atoms with Crippen molar-refractivity contribution in [2.75, 3.05) is 0 Å². The summed E-state index contributed by atoms with van der Waals surface area (Å²) in [6.45, 7) is 2.17. The molecule has 0 aliphatic heterocycles. The Morgan fingerprint density at radius 2 is 1.58 bits per heavy atom. The molecule has 0 saturated heterocycles. The maximum absolute atomic E-state index is 13.8. The van der Waals surface area contributed by atoms with E-state index in [1.54, 1.807) is 12.1 Å². The van der Waals surface area contributed by atoms with Crippen LogP contribution in [0.4, 0.5) is 8.78 Å². The minimum atomic E-state index is -1.08. The Bertz CT molecular complexity index is 1330. The molecular formula is C26H19F2NO2. The average molecular weight is 415 g/mol. The van der Waals surface area contributed by atoms with Crippen molar-refractivity contribution in [3.8, 4) is 11.8 Å². The van der Waals surface area contributed by atoms with Crippen LogP contribution < -0.4 is 4.74 Å². The van der Waals surface area contributed by atoms with Gasteiger partial charge in [-0.1, -0.05) is 49.7 Å². The molecule has 0 heterocycles. The van der Waals surface area contributed by atoms with Gasteiger partial charge in [-0.05, 0) is 52.1 Å². The van der Waals surface area contributed by atoms with E-state index in [0.717, 1.165) is 52.9 Å². The lowest BCUT2D eigenvalue weighted by molar-refractivity contribution is 0.0734. The smallest absolute Gasteiger partial charge is 0.343 e. The summed E-state index contributed by atoms with van der Waals surface area (Å²) < 4.78 is 32.7. The van der Waals surface area contributed by atoms with Crippen molar-refractivity contribution in [1.29, 1.82) is 5.26 Å². The van der Waals surface area contributed by atoms with Crippen LogP contribution in [0.25, 0.3) is 21.5 Å². The predicted octanol–water partition coefficient (Wildman–Crippen LogP) is 6.70. The topological polar surface area (TPSA) is 50.1 Å². The van der Waals surface area contributed by atoms with E-state index in [4.69, 9.17) is 10.00 Å². The molecule has 0 aliphatic carbocycles. The lowest BCUT2D eigenvalue weighted by Gasteiger charge is -2.09. The molecule has 4 aromatic rings. The van der Waals surface area contributed by atoms with Gasteiger partial charge in [0.25, 0.3) is 0 Å². The average Bonchev–Trinajstić information content (AvgIpc) is 2.76. The summed E-state index contributed by atoms with van der Waals surface area (Å²) in [6.07, 6.45) is 3.35. The fourth-order valence-electron chi connectivity index (χ4n) is 3.67. The van der Waals surface area contributed by atoms with Crippen LogP contribution in [0.15, 0.2) is 60.7 Å². The summed E-state index contributed by atoms with van der Waals surface area (Å²) in [5, 5.41) is 12.8. The Morgan fingerprint density at radius 1 is 0.935 bits per heavy atom. The van der Waals surface area contributed by atoms with Crippen molar-refractivity contribution in [1.82, 2.24) is 0 Å². The number of halogens is 2. The molecule has 4 rings (SSSR count). The van der Waals surface area contributed by atoms with Gasteiger partial charge in [-0.25, -0.2) is 13.6 Å². The third kappa shape index (κ3) is 4.10. The number of aryl methyl sites for hydroxylation is 1. The molecule has 4 aromatic carbocycles. The minimum Gasteiger partial charge on any atom is -0.423 e.